The predicted octanol–water partition coefficient (Wildman–Crippen LogP) is 2.91. The molecule has 1 aliphatic heterocycles. The first-order valence-electron chi connectivity index (χ1n) is 8.65. The van der Waals surface area contributed by atoms with Crippen LogP contribution in [0.2, 0.25) is 0 Å². The Morgan fingerprint density at radius 3 is 2.12 bits per heavy atom. The lowest BCUT2D eigenvalue weighted by molar-refractivity contribution is 0.0725. The third-order valence-electron chi connectivity index (χ3n) is 4.87. The van der Waals surface area contributed by atoms with Crippen LogP contribution in [-0.2, 0) is 9.84 Å². The van der Waals surface area contributed by atoms with E-state index in [0.29, 0.717) is 31.5 Å². The summed E-state index contributed by atoms with van der Waals surface area (Å²) in [6, 6.07) is 11.4. The van der Waals surface area contributed by atoms with Crippen molar-refractivity contribution in [2.75, 3.05) is 13.1 Å². The molecule has 3 rings (SSSR count). The number of hydrogen-bond donors (Lipinski definition) is 0. The van der Waals surface area contributed by atoms with E-state index < -0.39 is 9.84 Å². The molecule has 0 unspecified atom stereocenters. The number of benzene rings is 1. The van der Waals surface area contributed by atoms with Crippen LogP contribution >= 0.6 is 0 Å². The van der Waals surface area contributed by atoms with Crippen molar-refractivity contribution < 1.29 is 13.2 Å². The Kier molecular flexibility index (Phi) is 4.99. The molecule has 1 amide bonds. The summed E-state index contributed by atoms with van der Waals surface area (Å²) in [6.45, 7) is 4.43. The number of sulfone groups is 1. The van der Waals surface area contributed by atoms with Crippen molar-refractivity contribution in [2.24, 2.45) is 0 Å². The number of carbonyl (C=O) groups is 1. The average molecular weight is 360 g/mol. The molecule has 1 saturated heterocycles. The minimum absolute atomic E-state index is 0.0283. The van der Waals surface area contributed by atoms with Gasteiger partial charge in [-0.05, 0) is 63.1 Å². The fourth-order valence-electron chi connectivity index (χ4n) is 3.24. The van der Waals surface area contributed by atoms with Gasteiger partial charge in [0.2, 0.25) is 0 Å². The topological polar surface area (TPSA) is 59.4 Å². The summed E-state index contributed by atoms with van der Waals surface area (Å²) >= 11 is 0. The van der Waals surface area contributed by atoms with Crippen LogP contribution < -0.4 is 0 Å². The molecule has 1 aliphatic rings. The van der Waals surface area contributed by atoms with Gasteiger partial charge in [-0.3, -0.25) is 4.79 Å². The molecule has 1 aromatic carbocycles. The van der Waals surface area contributed by atoms with Crippen molar-refractivity contribution in [1.29, 1.82) is 0 Å². The highest BCUT2D eigenvalue weighted by molar-refractivity contribution is 7.92. The SMILES string of the molecule is CC(C)S(=O)(=O)C1CCN(C(=O)c2ccc(-n3cccc3)cc2)CC1. The summed E-state index contributed by atoms with van der Waals surface area (Å²) in [4.78, 5) is 14.4. The second-order valence-electron chi connectivity index (χ2n) is 6.77. The standard InChI is InChI=1S/C19H24N2O3S/c1-15(2)25(23,24)18-9-13-21(14-10-18)19(22)16-5-7-17(8-6-16)20-11-3-4-12-20/h3-8,11-12,15,18H,9-10,13-14H2,1-2H3. The maximum atomic E-state index is 12.7. The fourth-order valence-corrected chi connectivity index (χ4v) is 4.88. The largest absolute Gasteiger partial charge is 0.339 e. The Bertz CT molecular complexity index is 816. The van der Waals surface area contributed by atoms with Gasteiger partial charge in [0.05, 0.1) is 10.5 Å². The summed E-state index contributed by atoms with van der Waals surface area (Å²) in [5.74, 6) is -0.0283. The molecule has 2 aromatic rings. The van der Waals surface area contributed by atoms with Crippen LogP contribution in [0.25, 0.3) is 5.69 Å². The van der Waals surface area contributed by atoms with Gasteiger partial charge in [-0.15, -0.1) is 0 Å². The van der Waals surface area contributed by atoms with Gasteiger partial charge in [-0.2, -0.15) is 0 Å². The smallest absolute Gasteiger partial charge is 0.253 e. The molecule has 0 atom stereocenters. The lowest BCUT2D eigenvalue weighted by atomic mass is 10.1. The molecule has 5 nitrogen and oxygen atoms in total. The molecule has 0 bridgehead atoms. The maximum absolute atomic E-state index is 12.7. The van der Waals surface area contributed by atoms with Crippen molar-refractivity contribution in [1.82, 2.24) is 9.47 Å². The fraction of sp³-hybridized carbons (Fsp3) is 0.421. The Morgan fingerprint density at radius 1 is 1.04 bits per heavy atom. The molecule has 0 aliphatic carbocycles. The van der Waals surface area contributed by atoms with Crippen LogP contribution in [0, 0.1) is 0 Å². The lowest BCUT2D eigenvalue weighted by Gasteiger charge is -2.32. The third kappa shape index (κ3) is 3.63. The van der Waals surface area contributed by atoms with Crippen LogP contribution in [0.4, 0.5) is 0 Å². The van der Waals surface area contributed by atoms with Gasteiger partial charge in [0.15, 0.2) is 9.84 Å². The predicted molar refractivity (Wildman–Crippen MR) is 98.8 cm³/mol. The van der Waals surface area contributed by atoms with E-state index in [1.165, 1.54) is 0 Å². The number of amides is 1. The summed E-state index contributed by atoms with van der Waals surface area (Å²) in [6.07, 6.45) is 4.95. The van der Waals surface area contributed by atoms with E-state index in [2.05, 4.69) is 0 Å². The number of piperidine rings is 1. The zero-order valence-electron chi connectivity index (χ0n) is 14.6. The summed E-state index contributed by atoms with van der Waals surface area (Å²) in [7, 11) is -3.09. The van der Waals surface area contributed by atoms with E-state index in [9.17, 15) is 13.2 Å². The zero-order chi connectivity index (χ0) is 18.0. The van der Waals surface area contributed by atoms with Crippen molar-refractivity contribution >= 4 is 15.7 Å². The molecule has 1 aromatic heterocycles. The summed E-state index contributed by atoms with van der Waals surface area (Å²) in [5.41, 5.74) is 1.64. The monoisotopic (exact) mass is 360 g/mol. The van der Waals surface area contributed by atoms with Gasteiger partial charge in [0.25, 0.3) is 5.91 Å². The van der Waals surface area contributed by atoms with E-state index in [4.69, 9.17) is 0 Å². The van der Waals surface area contributed by atoms with Gasteiger partial charge in [-0.1, -0.05) is 0 Å². The van der Waals surface area contributed by atoms with E-state index in [0.717, 1.165) is 5.69 Å². The molecule has 0 radical (unpaired) electrons. The molecular formula is C19H24N2O3S. The van der Waals surface area contributed by atoms with E-state index in [1.807, 2.05) is 53.4 Å². The van der Waals surface area contributed by atoms with Crippen LogP contribution in [0.3, 0.4) is 0 Å². The Balaban J connectivity index is 1.65. The molecule has 0 spiro atoms. The minimum atomic E-state index is -3.09. The number of hydrogen-bond acceptors (Lipinski definition) is 3. The van der Waals surface area contributed by atoms with Crippen molar-refractivity contribution in [3.8, 4) is 5.69 Å². The minimum Gasteiger partial charge on any atom is -0.339 e. The zero-order valence-corrected chi connectivity index (χ0v) is 15.4. The molecule has 134 valence electrons. The van der Waals surface area contributed by atoms with Gasteiger partial charge < -0.3 is 9.47 Å². The Hall–Kier alpha value is -2.08. The van der Waals surface area contributed by atoms with Crippen LogP contribution in [-0.4, -0.2) is 47.4 Å². The first-order chi connectivity index (χ1) is 11.9. The maximum Gasteiger partial charge on any atom is 0.253 e. The molecule has 6 heteroatoms. The van der Waals surface area contributed by atoms with E-state index in [1.54, 1.807) is 18.7 Å². The van der Waals surface area contributed by atoms with Crippen LogP contribution in [0.1, 0.15) is 37.0 Å². The second kappa shape index (κ2) is 7.04. The number of carbonyl (C=O) groups excluding carboxylic acids is 1. The average Bonchev–Trinajstić information content (AvgIpc) is 3.16. The lowest BCUT2D eigenvalue weighted by Crippen LogP contribution is -2.44. The summed E-state index contributed by atoms with van der Waals surface area (Å²) in [5, 5.41) is -0.686. The molecule has 25 heavy (non-hydrogen) atoms. The highest BCUT2D eigenvalue weighted by Crippen LogP contribution is 2.23. The van der Waals surface area contributed by atoms with Gasteiger partial charge in [0.1, 0.15) is 0 Å². The third-order valence-corrected chi connectivity index (χ3v) is 7.58. The van der Waals surface area contributed by atoms with Crippen LogP contribution in [0.15, 0.2) is 48.8 Å². The quantitative estimate of drug-likeness (QED) is 0.842. The molecule has 2 heterocycles. The van der Waals surface area contributed by atoms with Crippen molar-refractivity contribution in [3.05, 3.63) is 54.4 Å². The van der Waals surface area contributed by atoms with Gasteiger partial charge in [0, 0.05) is 36.7 Å². The van der Waals surface area contributed by atoms with Gasteiger partial charge >= 0.3 is 0 Å². The molecular weight excluding hydrogens is 336 g/mol. The second-order valence-corrected chi connectivity index (χ2v) is 9.55. The first-order valence-corrected chi connectivity index (χ1v) is 10.3. The molecule has 0 N–H and O–H groups in total. The Morgan fingerprint density at radius 2 is 1.60 bits per heavy atom. The molecule has 1 fully saturated rings. The van der Waals surface area contributed by atoms with E-state index in [-0.39, 0.29) is 16.4 Å². The Labute approximate surface area is 149 Å². The van der Waals surface area contributed by atoms with Crippen molar-refractivity contribution in [3.63, 3.8) is 0 Å². The first kappa shape index (κ1) is 17.7. The van der Waals surface area contributed by atoms with Crippen molar-refractivity contribution in [2.45, 2.75) is 37.2 Å². The number of nitrogens with zero attached hydrogens (tertiary/aromatic N) is 2. The highest BCUT2D eigenvalue weighted by atomic mass is 32.2. The van der Waals surface area contributed by atoms with Crippen LogP contribution in [0.5, 0.6) is 0 Å². The molecule has 0 saturated carbocycles. The summed E-state index contributed by atoms with van der Waals surface area (Å²) < 4.78 is 26.5. The van der Waals surface area contributed by atoms with Gasteiger partial charge in [-0.25, -0.2) is 8.42 Å². The highest BCUT2D eigenvalue weighted by Gasteiger charge is 2.33. The normalized spacial score (nSPS) is 16.4. The number of rotatable bonds is 4. The van der Waals surface area contributed by atoms with E-state index >= 15 is 0 Å². The number of aromatic nitrogens is 1. The number of likely N-dealkylation sites (tertiary alicyclic amines) is 1.